The molecule has 1 aromatic rings. The molecule has 6 heteroatoms. The van der Waals surface area contributed by atoms with Crippen LogP contribution in [0.15, 0.2) is 12.4 Å². The van der Waals surface area contributed by atoms with Crippen molar-refractivity contribution < 1.29 is 14.6 Å². The summed E-state index contributed by atoms with van der Waals surface area (Å²) in [5, 5.41) is 11.2. The van der Waals surface area contributed by atoms with Gasteiger partial charge in [-0.05, 0) is 25.2 Å². The van der Waals surface area contributed by atoms with E-state index >= 15 is 0 Å². The van der Waals surface area contributed by atoms with Crippen molar-refractivity contribution >= 4 is 5.82 Å². The summed E-state index contributed by atoms with van der Waals surface area (Å²) in [6, 6.07) is 1.85. The van der Waals surface area contributed by atoms with Gasteiger partial charge in [-0.15, -0.1) is 0 Å². The van der Waals surface area contributed by atoms with Crippen LogP contribution >= 0.6 is 0 Å². The summed E-state index contributed by atoms with van der Waals surface area (Å²) < 4.78 is 10.6. The molecule has 6 nitrogen and oxygen atoms in total. The summed E-state index contributed by atoms with van der Waals surface area (Å²) >= 11 is 0. The number of ether oxygens (including phenoxy) is 2. The second-order valence-electron chi connectivity index (χ2n) is 6.39. The highest BCUT2D eigenvalue weighted by molar-refractivity contribution is 5.41. The molecule has 2 atom stereocenters. The van der Waals surface area contributed by atoms with Crippen LogP contribution in [0.1, 0.15) is 26.2 Å². The molecule has 2 saturated heterocycles. The Morgan fingerprint density at radius 3 is 2.82 bits per heavy atom. The maximum absolute atomic E-state index is 11.2. The molecule has 3 heterocycles. The Morgan fingerprint density at radius 1 is 1.36 bits per heavy atom. The standard InChI is InChI=1S/C16H25N3O3/c1-12-10-19(14-9-15(21-2)18-11-17-14)6-5-16(12,20)13-3-7-22-8-4-13/h9,11-13,20H,3-8,10H2,1-2H3/t12-,16+/m1/s1. The first-order chi connectivity index (χ1) is 10.6. The van der Waals surface area contributed by atoms with Gasteiger partial charge in [-0.2, -0.15) is 0 Å². The molecule has 122 valence electrons. The van der Waals surface area contributed by atoms with Crippen molar-refractivity contribution in [2.45, 2.75) is 31.8 Å². The van der Waals surface area contributed by atoms with Crippen molar-refractivity contribution in [1.82, 2.24) is 9.97 Å². The zero-order chi connectivity index (χ0) is 15.6. The van der Waals surface area contributed by atoms with Gasteiger partial charge >= 0.3 is 0 Å². The first-order valence-corrected chi connectivity index (χ1v) is 8.04. The monoisotopic (exact) mass is 307 g/mol. The van der Waals surface area contributed by atoms with Gasteiger partial charge in [-0.25, -0.2) is 9.97 Å². The van der Waals surface area contributed by atoms with Gasteiger partial charge < -0.3 is 19.5 Å². The van der Waals surface area contributed by atoms with Gasteiger partial charge in [0.05, 0.1) is 12.7 Å². The molecule has 22 heavy (non-hydrogen) atoms. The molecule has 0 bridgehead atoms. The Hall–Kier alpha value is -1.40. The Morgan fingerprint density at radius 2 is 2.14 bits per heavy atom. The number of nitrogens with zero attached hydrogens (tertiary/aromatic N) is 3. The van der Waals surface area contributed by atoms with E-state index in [1.165, 1.54) is 6.33 Å². The number of piperidine rings is 1. The van der Waals surface area contributed by atoms with Crippen LogP contribution in [0.5, 0.6) is 5.88 Å². The Labute approximate surface area is 131 Å². The SMILES string of the molecule is COc1cc(N2CC[C@@](O)(C3CCOCC3)[C@H](C)C2)ncn1. The summed E-state index contributed by atoms with van der Waals surface area (Å²) in [5.74, 6) is 1.99. The average Bonchev–Trinajstić information content (AvgIpc) is 2.58. The van der Waals surface area contributed by atoms with Crippen LogP contribution in [0.4, 0.5) is 5.82 Å². The number of hydrogen-bond donors (Lipinski definition) is 1. The first kappa shape index (κ1) is 15.5. The molecule has 0 aromatic carbocycles. The molecular formula is C16H25N3O3. The lowest BCUT2D eigenvalue weighted by atomic mass is 9.70. The van der Waals surface area contributed by atoms with E-state index in [-0.39, 0.29) is 5.92 Å². The second-order valence-corrected chi connectivity index (χ2v) is 6.39. The zero-order valence-corrected chi connectivity index (χ0v) is 13.4. The Bertz CT molecular complexity index is 507. The van der Waals surface area contributed by atoms with Crippen LogP contribution in [0.3, 0.4) is 0 Å². The zero-order valence-electron chi connectivity index (χ0n) is 13.4. The lowest BCUT2D eigenvalue weighted by molar-refractivity contribution is -0.108. The molecule has 3 rings (SSSR count). The molecule has 0 amide bonds. The number of methoxy groups -OCH3 is 1. The van der Waals surface area contributed by atoms with E-state index in [4.69, 9.17) is 9.47 Å². The normalized spacial score (nSPS) is 30.3. The van der Waals surface area contributed by atoms with Crippen molar-refractivity contribution in [3.63, 3.8) is 0 Å². The smallest absolute Gasteiger partial charge is 0.218 e. The quantitative estimate of drug-likeness (QED) is 0.912. The molecule has 0 spiro atoms. The molecule has 2 aliphatic heterocycles. The minimum Gasteiger partial charge on any atom is -0.481 e. The summed E-state index contributed by atoms with van der Waals surface area (Å²) in [4.78, 5) is 10.6. The van der Waals surface area contributed by atoms with Crippen molar-refractivity contribution in [3.05, 3.63) is 12.4 Å². The lowest BCUT2D eigenvalue weighted by Crippen LogP contribution is -2.56. The van der Waals surface area contributed by atoms with E-state index in [9.17, 15) is 5.11 Å². The van der Waals surface area contributed by atoms with Crippen LogP contribution in [0.2, 0.25) is 0 Å². The minimum absolute atomic E-state index is 0.199. The maximum atomic E-state index is 11.2. The minimum atomic E-state index is -0.586. The fourth-order valence-corrected chi connectivity index (χ4v) is 3.77. The van der Waals surface area contributed by atoms with Crippen LogP contribution in [-0.2, 0) is 4.74 Å². The Balaban J connectivity index is 1.71. The van der Waals surface area contributed by atoms with Gasteiger partial charge in [0, 0.05) is 38.3 Å². The number of hydrogen-bond acceptors (Lipinski definition) is 6. The van der Waals surface area contributed by atoms with Gasteiger partial charge in [0.1, 0.15) is 12.1 Å². The fraction of sp³-hybridized carbons (Fsp3) is 0.750. The highest BCUT2D eigenvalue weighted by atomic mass is 16.5. The molecule has 2 fully saturated rings. The maximum Gasteiger partial charge on any atom is 0.218 e. The highest BCUT2D eigenvalue weighted by Gasteiger charge is 2.45. The topological polar surface area (TPSA) is 67.7 Å². The molecule has 2 aliphatic rings. The average molecular weight is 307 g/mol. The van der Waals surface area contributed by atoms with Gasteiger partial charge in [-0.1, -0.05) is 6.92 Å². The van der Waals surface area contributed by atoms with Gasteiger partial charge in [0.15, 0.2) is 0 Å². The van der Waals surface area contributed by atoms with Crippen LogP contribution in [-0.4, -0.2) is 54.1 Å². The van der Waals surface area contributed by atoms with Crippen LogP contribution < -0.4 is 9.64 Å². The van der Waals surface area contributed by atoms with E-state index in [0.717, 1.165) is 51.4 Å². The molecule has 1 aromatic heterocycles. The van der Waals surface area contributed by atoms with Crippen LogP contribution in [0.25, 0.3) is 0 Å². The molecule has 0 saturated carbocycles. The number of rotatable bonds is 3. The third-order valence-corrected chi connectivity index (χ3v) is 5.22. The molecular weight excluding hydrogens is 282 g/mol. The predicted octanol–water partition coefficient (Wildman–Crippen LogP) is 1.49. The second kappa shape index (κ2) is 6.38. The third-order valence-electron chi connectivity index (χ3n) is 5.22. The third kappa shape index (κ3) is 2.90. The molecule has 0 unspecified atom stereocenters. The number of aromatic nitrogens is 2. The summed E-state index contributed by atoms with van der Waals surface area (Å²) in [5.41, 5.74) is -0.586. The van der Waals surface area contributed by atoms with E-state index in [1.807, 2.05) is 6.07 Å². The van der Waals surface area contributed by atoms with Crippen molar-refractivity contribution in [2.75, 3.05) is 38.3 Å². The summed E-state index contributed by atoms with van der Waals surface area (Å²) in [6.07, 6.45) is 4.22. The van der Waals surface area contributed by atoms with Crippen molar-refractivity contribution in [2.24, 2.45) is 11.8 Å². The number of anilines is 1. The van der Waals surface area contributed by atoms with E-state index < -0.39 is 5.60 Å². The van der Waals surface area contributed by atoms with E-state index in [0.29, 0.717) is 11.8 Å². The lowest BCUT2D eigenvalue weighted by Gasteiger charge is -2.48. The Kier molecular flexibility index (Phi) is 4.49. The fourth-order valence-electron chi connectivity index (χ4n) is 3.77. The predicted molar refractivity (Wildman–Crippen MR) is 83.1 cm³/mol. The van der Waals surface area contributed by atoms with Gasteiger partial charge in [0.25, 0.3) is 0 Å². The number of aliphatic hydroxyl groups is 1. The van der Waals surface area contributed by atoms with Crippen molar-refractivity contribution in [1.29, 1.82) is 0 Å². The van der Waals surface area contributed by atoms with Crippen molar-refractivity contribution in [3.8, 4) is 5.88 Å². The molecule has 0 radical (unpaired) electrons. The van der Waals surface area contributed by atoms with Gasteiger partial charge in [0.2, 0.25) is 5.88 Å². The largest absolute Gasteiger partial charge is 0.481 e. The van der Waals surface area contributed by atoms with E-state index in [2.05, 4.69) is 21.8 Å². The highest BCUT2D eigenvalue weighted by Crippen LogP contribution is 2.40. The van der Waals surface area contributed by atoms with Gasteiger partial charge in [-0.3, -0.25) is 0 Å². The molecule has 0 aliphatic carbocycles. The van der Waals surface area contributed by atoms with Crippen LogP contribution in [0, 0.1) is 11.8 Å². The molecule has 1 N–H and O–H groups in total. The summed E-state index contributed by atoms with van der Waals surface area (Å²) in [6.45, 7) is 5.28. The first-order valence-electron chi connectivity index (χ1n) is 8.04. The summed E-state index contributed by atoms with van der Waals surface area (Å²) in [7, 11) is 1.61. The van der Waals surface area contributed by atoms with E-state index in [1.54, 1.807) is 7.11 Å².